The van der Waals surface area contributed by atoms with Crippen molar-refractivity contribution in [1.29, 1.82) is 0 Å². The van der Waals surface area contributed by atoms with Gasteiger partial charge >= 0.3 is 25.7 Å². The summed E-state index contributed by atoms with van der Waals surface area (Å²) in [4.78, 5) is 0. The summed E-state index contributed by atoms with van der Waals surface area (Å²) in [5.74, 6) is 0. The van der Waals surface area contributed by atoms with Crippen LogP contribution in [0.25, 0.3) is 0 Å². The molecule has 0 aromatic rings. The Bertz CT molecular complexity index is 77.4. The molecule has 14 heavy (non-hydrogen) atoms. The molecule has 0 bridgehead atoms. The number of hydrogen-bond acceptors (Lipinski definition) is 3. The van der Waals surface area contributed by atoms with Crippen molar-refractivity contribution in [2.24, 2.45) is 0 Å². The predicted molar refractivity (Wildman–Crippen MR) is 54.7 cm³/mol. The average Bonchev–Trinajstić information content (AvgIpc) is 2.09. The maximum absolute atomic E-state index is 8.50. The van der Waals surface area contributed by atoms with Crippen LogP contribution in [0, 0.1) is 12.8 Å². The topological polar surface area (TPSA) is 54.4 Å². The summed E-state index contributed by atoms with van der Waals surface area (Å²) in [5.41, 5.74) is 0. The second kappa shape index (κ2) is 50.8. The summed E-state index contributed by atoms with van der Waals surface area (Å²) in [6.45, 7) is 10.4. The first-order chi connectivity index (χ1) is 6.66. The van der Waals surface area contributed by atoms with E-state index < -0.39 is 19.1 Å². The molecule has 0 unspecified atom stereocenters. The summed E-state index contributed by atoms with van der Waals surface area (Å²) >= 11 is -2.00. The Kier molecular flexibility index (Phi) is 86.5. The van der Waals surface area contributed by atoms with Gasteiger partial charge in [0.05, 0.1) is 0 Å². The molecule has 0 aliphatic rings. The summed E-state index contributed by atoms with van der Waals surface area (Å²) in [5, 5.41) is 8.07. The molecule has 4 heteroatoms. The van der Waals surface area contributed by atoms with Gasteiger partial charge in [-0.3, -0.25) is 0 Å². The van der Waals surface area contributed by atoms with Gasteiger partial charge in [0.25, 0.3) is 0 Å². The summed E-state index contributed by atoms with van der Waals surface area (Å²) in [7, 11) is 0. The quantitative estimate of drug-likeness (QED) is 0.596. The Balaban J connectivity index is -0.0000000495. The molecule has 0 aromatic carbocycles. The number of unbranched alkanes of at least 4 members (excludes halogenated alkanes) is 1. The normalized spacial score (nSPS) is 6.14. The van der Waals surface area contributed by atoms with Crippen LogP contribution in [0.1, 0.15) is 47.5 Å². The molecule has 0 aliphatic carbocycles. The maximum atomic E-state index is 8.50. The van der Waals surface area contributed by atoms with Gasteiger partial charge in [0.15, 0.2) is 0 Å². The zero-order valence-electron chi connectivity index (χ0n) is 10.0. The first-order valence-corrected chi connectivity index (χ1v) is 6.02. The average molecular weight is 240 g/mol. The van der Waals surface area contributed by atoms with E-state index in [4.69, 9.17) is 11.8 Å². The molecule has 0 heterocycles. The third-order valence-electron chi connectivity index (χ3n) is 0.512. The molecule has 0 aliphatic heterocycles. The van der Waals surface area contributed by atoms with E-state index in [0.717, 1.165) is 12.8 Å². The van der Waals surface area contributed by atoms with Gasteiger partial charge in [0.2, 0.25) is 0 Å². The first kappa shape index (κ1) is 23.8. The fraction of sp³-hybridized carbons (Fsp3) is 0.800. The molecule has 0 fully saturated rings. The SMILES string of the molecule is CCCCO.C[CH-]C.C[CH-]C.[O]=[Ti]=[O]. The molecule has 0 atom stereocenters. The van der Waals surface area contributed by atoms with Crippen LogP contribution in [0.15, 0.2) is 0 Å². The van der Waals surface area contributed by atoms with Crippen molar-refractivity contribution in [3.05, 3.63) is 12.8 Å². The van der Waals surface area contributed by atoms with Crippen LogP contribution < -0.4 is 0 Å². The van der Waals surface area contributed by atoms with Gasteiger partial charge in [0.1, 0.15) is 0 Å². The Hall–Kier alpha value is 0.274. The van der Waals surface area contributed by atoms with Crippen molar-refractivity contribution in [3.8, 4) is 0 Å². The van der Waals surface area contributed by atoms with Crippen LogP contribution in [-0.2, 0) is 25.7 Å². The van der Waals surface area contributed by atoms with Gasteiger partial charge in [-0.15, -0.1) is 0 Å². The fourth-order valence-electron chi connectivity index (χ4n) is 0.158. The third kappa shape index (κ3) is 302. The van der Waals surface area contributed by atoms with E-state index >= 15 is 0 Å². The molecule has 0 saturated heterocycles. The number of hydrogen-bond donors (Lipinski definition) is 1. The second-order valence-electron chi connectivity index (χ2n) is 2.32. The molecule has 0 amide bonds. The zero-order valence-corrected chi connectivity index (χ0v) is 11.6. The zero-order chi connectivity index (χ0) is 12.2. The van der Waals surface area contributed by atoms with Crippen LogP contribution in [0.2, 0.25) is 0 Å². The number of rotatable bonds is 2. The van der Waals surface area contributed by atoms with Gasteiger partial charge in [-0.2, -0.15) is 27.7 Å². The Morgan fingerprint density at radius 1 is 1.07 bits per heavy atom. The van der Waals surface area contributed by atoms with E-state index in [9.17, 15) is 0 Å². The van der Waals surface area contributed by atoms with Gasteiger partial charge < -0.3 is 17.9 Å². The van der Waals surface area contributed by atoms with Crippen LogP contribution in [0.3, 0.4) is 0 Å². The van der Waals surface area contributed by atoms with E-state index in [1.165, 1.54) is 0 Å². The summed E-state index contributed by atoms with van der Waals surface area (Å²) in [6.07, 6.45) is 6.04. The van der Waals surface area contributed by atoms with Crippen LogP contribution in [0.4, 0.5) is 0 Å². The van der Waals surface area contributed by atoms with Gasteiger partial charge in [-0.05, 0) is 6.42 Å². The van der Waals surface area contributed by atoms with Crippen molar-refractivity contribution in [1.82, 2.24) is 0 Å². The Morgan fingerprint density at radius 3 is 1.29 bits per heavy atom. The van der Waals surface area contributed by atoms with Crippen molar-refractivity contribution >= 4 is 0 Å². The molecule has 3 nitrogen and oxygen atoms in total. The minimum absolute atomic E-state index is 0.344. The van der Waals surface area contributed by atoms with E-state index in [2.05, 4.69) is 6.92 Å². The van der Waals surface area contributed by atoms with Crippen molar-refractivity contribution in [2.75, 3.05) is 6.61 Å². The second-order valence-corrected chi connectivity index (χ2v) is 2.58. The standard InChI is InChI=1S/C4H10O.2C3H7.2O.Ti/c1-2-3-4-5;2*1-3-2;;;/h5H,2-4H2,1H3;2*3H,1-2H3;;;/q;2*-1;;;. The molecule has 0 saturated carbocycles. The van der Waals surface area contributed by atoms with Crippen molar-refractivity contribution < 1.29 is 30.8 Å². The molecular formula is C10H24O3Ti-2. The van der Waals surface area contributed by atoms with E-state index in [1.54, 1.807) is 0 Å². The monoisotopic (exact) mass is 240 g/mol. The van der Waals surface area contributed by atoms with Crippen LogP contribution >= 0.6 is 0 Å². The molecule has 0 spiro atoms. The fourth-order valence-corrected chi connectivity index (χ4v) is 0.158. The number of aliphatic hydroxyl groups excluding tert-OH is 1. The van der Waals surface area contributed by atoms with Crippen molar-refractivity contribution in [2.45, 2.75) is 47.5 Å². The van der Waals surface area contributed by atoms with E-state index in [-0.39, 0.29) is 0 Å². The predicted octanol–water partition coefficient (Wildman–Crippen LogP) is 3.00. The molecule has 0 rings (SSSR count). The summed E-state index contributed by atoms with van der Waals surface area (Å²) < 4.78 is 17.0. The number of aliphatic hydroxyl groups is 1. The minimum atomic E-state index is -2.00. The molecule has 1 N–H and O–H groups in total. The van der Waals surface area contributed by atoms with Gasteiger partial charge in [-0.25, -0.2) is 0 Å². The Morgan fingerprint density at radius 2 is 1.29 bits per heavy atom. The molecule has 0 aromatic heterocycles. The van der Waals surface area contributed by atoms with E-state index in [0.29, 0.717) is 6.61 Å². The Labute approximate surface area is 97.9 Å². The first-order valence-electron chi connectivity index (χ1n) is 4.74. The molecule has 0 radical (unpaired) electrons. The van der Waals surface area contributed by atoms with Crippen LogP contribution in [0.5, 0.6) is 0 Å². The summed E-state index contributed by atoms with van der Waals surface area (Å²) in [6, 6.07) is 0. The van der Waals surface area contributed by atoms with E-state index in [1.807, 2.05) is 40.5 Å². The molecule has 88 valence electrons. The van der Waals surface area contributed by atoms with Crippen LogP contribution in [-0.4, -0.2) is 11.7 Å². The third-order valence-corrected chi connectivity index (χ3v) is 0.512. The van der Waals surface area contributed by atoms with Gasteiger partial charge in [-0.1, -0.05) is 13.3 Å². The molecular weight excluding hydrogens is 216 g/mol. The van der Waals surface area contributed by atoms with Crippen molar-refractivity contribution in [3.63, 3.8) is 0 Å². The van der Waals surface area contributed by atoms with Gasteiger partial charge in [0, 0.05) is 6.61 Å².